The molecule has 0 saturated heterocycles. The Balaban J connectivity index is 1.88. The number of methoxy groups -OCH3 is 2. The van der Waals surface area contributed by atoms with Gasteiger partial charge < -0.3 is 24.6 Å². The number of carbonyl (C=O) groups is 2. The predicted octanol–water partition coefficient (Wildman–Crippen LogP) is 1.43. The quantitative estimate of drug-likeness (QED) is 0.651. The Kier molecular flexibility index (Phi) is 8.24. The Morgan fingerprint density at radius 2 is 1.73 bits per heavy atom. The van der Waals surface area contributed by atoms with Crippen LogP contribution in [0.1, 0.15) is 16.7 Å². The minimum absolute atomic E-state index is 0.0400. The highest BCUT2D eigenvalue weighted by molar-refractivity contribution is 5.92. The molecule has 0 fully saturated rings. The summed E-state index contributed by atoms with van der Waals surface area (Å²) in [5.41, 5.74) is 3.92. The summed E-state index contributed by atoms with van der Waals surface area (Å²) >= 11 is 0. The average molecular weight is 415 g/mol. The molecule has 0 aliphatic heterocycles. The van der Waals surface area contributed by atoms with Crippen molar-refractivity contribution in [2.75, 3.05) is 46.7 Å². The van der Waals surface area contributed by atoms with E-state index in [4.69, 9.17) is 9.47 Å². The van der Waals surface area contributed by atoms with Crippen LogP contribution in [0.3, 0.4) is 0 Å². The molecule has 1 unspecified atom stereocenters. The number of nitrogens with one attached hydrogen (secondary N) is 2. The number of likely N-dealkylation sites (N-methyl/N-ethyl adjacent to an activating group) is 2. The average Bonchev–Trinajstić information content (AvgIpc) is 2.71. The van der Waals surface area contributed by atoms with Gasteiger partial charge in [-0.25, -0.2) is 0 Å². The second-order valence-electron chi connectivity index (χ2n) is 7.55. The van der Waals surface area contributed by atoms with Crippen molar-refractivity contribution in [3.8, 4) is 11.5 Å². The third-order valence-electron chi connectivity index (χ3n) is 5.09. The maximum absolute atomic E-state index is 12.6. The molecule has 0 aromatic heterocycles. The second-order valence-corrected chi connectivity index (χ2v) is 7.55. The Bertz CT molecular complexity index is 898. The lowest BCUT2D eigenvalue weighted by Crippen LogP contribution is -3.11. The highest BCUT2D eigenvalue weighted by Gasteiger charge is 2.18. The number of amides is 2. The first-order valence-corrected chi connectivity index (χ1v) is 9.87. The van der Waals surface area contributed by atoms with Crippen molar-refractivity contribution in [2.45, 2.75) is 20.4 Å². The van der Waals surface area contributed by atoms with Gasteiger partial charge in [-0.2, -0.15) is 0 Å². The number of hydrogen-bond donors (Lipinski definition) is 2. The highest BCUT2D eigenvalue weighted by atomic mass is 16.5. The summed E-state index contributed by atoms with van der Waals surface area (Å²) in [5, 5.41) is 2.94. The molecule has 2 rings (SSSR count). The molecule has 0 heterocycles. The van der Waals surface area contributed by atoms with Crippen LogP contribution in [0.15, 0.2) is 36.4 Å². The number of carbonyl (C=O) groups excluding carboxylic acids is 2. The molecule has 7 nitrogen and oxygen atoms in total. The smallest absolute Gasteiger partial charge is 0.279 e. The molecule has 2 amide bonds. The molecule has 30 heavy (non-hydrogen) atoms. The molecule has 2 aromatic carbocycles. The van der Waals surface area contributed by atoms with Gasteiger partial charge in [0.1, 0.15) is 0 Å². The number of quaternary nitrogens is 1. The van der Waals surface area contributed by atoms with Crippen LogP contribution >= 0.6 is 0 Å². The highest BCUT2D eigenvalue weighted by Crippen LogP contribution is 2.27. The SMILES string of the molecule is COc1ccc(CN(C)C(=O)C[NH+](C)CC(=O)Nc2cccc(C)c2C)cc1OC. The number of hydrogen-bond acceptors (Lipinski definition) is 4. The van der Waals surface area contributed by atoms with Crippen molar-refractivity contribution >= 4 is 17.5 Å². The lowest BCUT2D eigenvalue weighted by Gasteiger charge is -2.20. The molecule has 2 N–H and O–H groups in total. The first-order chi connectivity index (χ1) is 14.2. The van der Waals surface area contributed by atoms with Crippen molar-refractivity contribution in [1.29, 1.82) is 0 Å². The summed E-state index contributed by atoms with van der Waals surface area (Å²) in [7, 11) is 6.76. The number of ether oxygens (including phenoxy) is 2. The van der Waals surface area contributed by atoms with E-state index in [9.17, 15) is 9.59 Å². The van der Waals surface area contributed by atoms with Crippen molar-refractivity contribution < 1.29 is 24.0 Å². The van der Waals surface area contributed by atoms with E-state index in [1.54, 1.807) is 26.2 Å². The second kappa shape index (κ2) is 10.6. The standard InChI is InChI=1S/C23H31N3O4/c1-16-8-7-9-19(17(16)2)24-22(27)14-25(3)15-23(28)26(4)13-18-10-11-20(29-5)21(12-18)30-6/h7-12H,13-15H2,1-6H3,(H,24,27)/p+1. The normalized spacial score (nSPS) is 11.5. The minimum atomic E-state index is -0.114. The van der Waals surface area contributed by atoms with Crippen molar-refractivity contribution in [3.63, 3.8) is 0 Å². The molecule has 162 valence electrons. The van der Waals surface area contributed by atoms with Gasteiger partial charge in [0.05, 0.1) is 21.3 Å². The Labute approximate surface area is 178 Å². The zero-order valence-electron chi connectivity index (χ0n) is 18.7. The zero-order chi connectivity index (χ0) is 22.3. The largest absolute Gasteiger partial charge is 0.493 e. The number of nitrogens with zero attached hydrogens (tertiary/aromatic N) is 1. The fourth-order valence-electron chi connectivity index (χ4n) is 3.15. The number of benzene rings is 2. The number of anilines is 1. The molecule has 2 aromatic rings. The molecule has 0 radical (unpaired) electrons. The third kappa shape index (κ3) is 6.22. The molecule has 0 spiro atoms. The summed E-state index contributed by atoms with van der Waals surface area (Å²) in [6.07, 6.45) is 0. The lowest BCUT2D eigenvalue weighted by molar-refractivity contribution is -0.862. The Hall–Kier alpha value is -3.06. The molecule has 1 atom stereocenters. The van der Waals surface area contributed by atoms with Crippen LogP contribution in [0.4, 0.5) is 5.69 Å². The molecule has 0 aliphatic rings. The van der Waals surface area contributed by atoms with E-state index < -0.39 is 0 Å². The molecule has 0 aliphatic carbocycles. The summed E-state index contributed by atoms with van der Waals surface area (Å²) in [6, 6.07) is 11.4. The number of rotatable bonds is 9. The van der Waals surface area contributed by atoms with E-state index in [1.807, 2.05) is 57.3 Å². The van der Waals surface area contributed by atoms with E-state index in [0.717, 1.165) is 27.3 Å². The van der Waals surface area contributed by atoms with Crippen molar-refractivity contribution in [3.05, 3.63) is 53.1 Å². The lowest BCUT2D eigenvalue weighted by atomic mass is 10.1. The molecule has 0 bridgehead atoms. The minimum Gasteiger partial charge on any atom is -0.493 e. The van der Waals surface area contributed by atoms with Crippen molar-refractivity contribution in [1.82, 2.24) is 4.90 Å². The van der Waals surface area contributed by atoms with Gasteiger partial charge in [-0.1, -0.05) is 18.2 Å². The van der Waals surface area contributed by atoms with E-state index in [1.165, 1.54) is 0 Å². The Morgan fingerprint density at radius 1 is 1.03 bits per heavy atom. The summed E-state index contributed by atoms with van der Waals surface area (Å²) in [5.74, 6) is 1.12. The van der Waals surface area contributed by atoms with Gasteiger partial charge >= 0.3 is 0 Å². The molecule has 0 saturated carbocycles. The van der Waals surface area contributed by atoms with Crippen LogP contribution in [-0.4, -0.2) is 58.1 Å². The van der Waals surface area contributed by atoms with Crippen LogP contribution < -0.4 is 19.7 Å². The summed E-state index contributed by atoms with van der Waals surface area (Å²) < 4.78 is 10.6. The van der Waals surface area contributed by atoms with E-state index in [0.29, 0.717) is 18.0 Å². The van der Waals surface area contributed by atoms with Gasteiger partial charge in [0.2, 0.25) is 0 Å². The predicted molar refractivity (Wildman–Crippen MR) is 117 cm³/mol. The summed E-state index contributed by atoms with van der Waals surface area (Å²) in [4.78, 5) is 27.4. The van der Waals surface area contributed by atoms with Gasteiger partial charge in [-0.05, 0) is 48.7 Å². The summed E-state index contributed by atoms with van der Waals surface area (Å²) in [6.45, 7) is 4.87. The van der Waals surface area contributed by atoms with E-state index in [-0.39, 0.29) is 24.9 Å². The van der Waals surface area contributed by atoms with Crippen LogP contribution in [0.2, 0.25) is 0 Å². The topological polar surface area (TPSA) is 72.3 Å². The van der Waals surface area contributed by atoms with Gasteiger partial charge in [-0.15, -0.1) is 0 Å². The zero-order valence-corrected chi connectivity index (χ0v) is 18.7. The first kappa shape index (κ1) is 23.2. The maximum Gasteiger partial charge on any atom is 0.279 e. The van der Waals surface area contributed by atoms with E-state index >= 15 is 0 Å². The Morgan fingerprint density at radius 3 is 2.40 bits per heavy atom. The van der Waals surface area contributed by atoms with Gasteiger partial charge in [0.15, 0.2) is 24.6 Å². The first-order valence-electron chi connectivity index (χ1n) is 9.87. The van der Waals surface area contributed by atoms with Gasteiger partial charge in [0.25, 0.3) is 11.8 Å². The van der Waals surface area contributed by atoms with Crippen molar-refractivity contribution in [2.24, 2.45) is 0 Å². The monoisotopic (exact) mass is 414 g/mol. The molecular weight excluding hydrogens is 382 g/mol. The van der Waals surface area contributed by atoms with Crippen LogP contribution in [0.25, 0.3) is 0 Å². The van der Waals surface area contributed by atoms with Crippen LogP contribution in [0.5, 0.6) is 11.5 Å². The fraction of sp³-hybridized carbons (Fsp3) is 0.391. The van der Waals surface area contributed by atoms with E-state index in [2.05, 4.69) is 5.32 Å². The number of aryl methyl sites for hydroxylation is 1. The maximum atomic E-state index is 12.6. The van der Waals surface area contributed by atoms with Crippen LogP contribution in [0, 0.1) is 13.8 Å². The molecule has 7 heteroatoms. The third-order valence-corrected chi connectivity index (χ3v) is 5.09. The van der Waals surface area contributed by atoms with Crippen LogP contribution in [-0.2, 0) is 16.1 Å². The fourth-order valence-corrected chi connectivity index (χ4v) is 3.15. The van der Waals surface area contributed by atoms with Gasteiger partial charge in [-0.3, -0.25) is 9.59 Å². The molecular formula is C23H32N3O4+. The van der Waals surface area contributed by atoms with Gasteiger partial charge in [0, 0.05) is 19.3 Å².